The first-order valence-corrected chi connectivity index (χ1v) is 5.94. The van der Waals surface area contributed by atoms with Crippen molar-refractivity contribution < 1.29 is 5.11 Å². The van der Waals surface area contributed by atoms with Gasteiger partial charge in [0, 0.05) is 12.2 Å². The molecule has 1 heterocycles. The standard InChI is InChI=1S/C12H17ClN2O/c1-8-5-10(13)12(6-11(8)14)15-4-2-3-9(15)7-16/h5-6,9,16H,2-4,7,14H2,1H3/t9-/m1/s1. The zero-order valence-electron chi connectivity index (χ0n) is 9.41. The lowest BCUT2D eigenvalue weighted by atomic mass is 10.1. The molecule has 1 aliphatic rings. The van der Waals surface area contributed by atoms with Gasteiger partial charge in [-0.2, -0.15) is 0 Å². The van der Waals surface area contributed by atoms with Crippen LogP contribution < -0.4 is 10.6 Å². The molecule has 1 aromatic carbocycles. The normalized spacial score (nSPS) is 20.4. The molecule has 0 amide bonds. The Bertz CT molecular complexity index is 395. The van der Waals surface area contributed by atoms with E-state index in [1.54, 1.807) is 0 Å². The fourth-order valence-electron chi connectivity index (χ4n) is 2.24. The van der Waals surface area contributed by atoms with Crippen LogP contribution in [0.2, 0.25) is 5.02 Å². The fourth-order valence-corrected chi connectivity index (χ4v) is 2.57. The third kappa shape index (κ3) is 1.97. The summed E-state index contributed by atoms with van der Waals surface area (Å²) in [6.07, 6.45) is 2.11. The summed E-state index contributed by atoms with van der Waals surface area (Å²) in [6.45, 7) is 3.05. The number of aryl methyl sites for hydroxylation is 1. The zero-order chi connectivity index (χ0) is 11.7. The second-order valence-electron chi connectivity index (χ2n) is 4.33. The van der Waals surface area contributed by atoms with E-state index >= 15 is 0 Å². The fraction of sp³-hybridized carbons (Fsp3) is 0.500. The lowest BCUT2D eigenvalue weighted by Gasteiger charge is -2.26. The highest BCUT2D eigenvalue weighted by Crippen LogP contribution is 2.34. The second-order valence-corrected chi connectivity index (χ2v) is 4.74. The van der Waals surface area contributed by atoms with Crippen LogP contribution in [0.5, 0.6) is 0 Å². The van der Waals surface area contributed by atoms with Crippen LogP contribution in [-0.4, -0.2) is 24.3 Å². The Morgan fingerprint density at radius 3 is 3.00 bits per heavy atom. The Morgan fingerprint density at radius 2 is 2.31 bits per heavy atom. The number of aliphatic hydroxyl groups is 1. The molecule has 3 N–H and O–H groups in total. The Balaban J connectivity index is 2.36. The van der Waals surface area contributed by atoms with Gasteiger partial charge in [0.05, 0.1) is 23.4 Å². The second kappa shape index (κ2) is 4.52. The van der Waals surface area contributed by atoms with Crippen molar-refractivity contribution in [2.24, 2.45) is 0 Å². The smallest absolute Gasteiger partial charge is 0.0643 e. The summed E-state index contributed by atoms with van der Waals surface area (Å²) in [6, 6.07) is 3.98. The lowest BCUT2D eigenvalue weighted by Crippen LogP contribution is -2.32. The average molecular weight is 241 g/mol. The largest absolute Gasteiger partial charge is 0.398 e. The van der Waals surface area contributed by atoms with Crippen LogP contribution in [0.25, 0.3) is 0 Å². The van der Waals surface area contributed by atoms with Gasteiger partial charge in [-0.05, 0) is 37.5 Å². The van der Waals surface area contributed by atoms with Gasteiger partial charge in [-0.1, -0.05) is 11.6 Å². The molecule has 0 saturated carbocycles. The summed E-state index contributed by atoms with van der Waals surface area (Å²) in [4.78, 5) is 2.15. The topological polar surface area (TPSA) is 49.5 Å². The van der Waals surface area contributed by atoms with Crippen LogP contribution in [0.1, 0.15) is 18.4 Å². The van der Waals surface area contributed by atoms with Crippen LogP contribution >= 0.6 is 11.6 Å². The van der Waals surface area contributed by atoms with Gasteiger partial charge in [0.15, 0.2) is 0 Å². The first-order valence-electron chi connectivity index (χ1n) is 5.56. The van der Waals surface area contributed by atoms with Gasteiger partial charge in [-0.3, -0.25) is 0 Å². The molecule has 4 heteroatoms. The first-order chi connectivity index (χ1) is 7.63. The van der Waals surface area contributed by atoms with Crippen molar-refractivity contribution in [3.05, 3.63) is 22.7 Å². The molecule has 1 fully saturated rings. The molecule has 1 saturated heterocycles. The van der Waals surface area contributed by atoms with Crippen molar-refractivity contribution in [3.63, 3.8) is 0 Å². The maximum absolute atomic E-state index is 9.30. The van der Waals surface area contributed by atoms with Gasteiger partial charge in [-0.25, -0.2) is 0 Å². The summed E-state index contributed by atoms with van der Waals surface area (Å²) in [5.41, 5.74) is 8.59. The van der Waals surface area contributed by atoms with E-state index in [-0.39, 0.29) is 12.6 Å². The molecule has 1 aromatic rings. The number of halogens is 1. The highest BCUT2D eigenvalue weighted by atomic mass is 35.5. The maximum atomic E-state index is 9.30. The van der Waals surface area contributed by atoms with Gasteiger partial charge < -0.3 is 15.7 Å². The number of hydrogen-bond acceptors (Lipinski definition) is 3. The van der Waals surface area contributed by atoms with Crippen LogP contribution in [0.3, 0.4) is 0 Å². The summed E-state index contributed by atoms with van der Waals surface area (Å²) in [7, 11) is 0. The van der Waals surface area contributed by atoms with E-state index in [2.05, 4.69) is 4.90 Å². The van der Waals surface area contributed by atoms with E-state index in [1.807, 2.05) is 19.1 Å². The summed E-state index contributed by atoms with van der Waals surface area (Å²) < 4.78 is 0. The molecule has 0 unspecified atom stereocenters. The molecular formula is C12H17ClN2O. The Labute approximate surface area is 101 Å². The summed E-state index contributed by atoms with van der Waals surface area (Å²) >= 11 is 6.22. The molecular weight excluding hydrogens is 224 g/mol. The molecule has 0 spiro atoms. The SMILES string of the molecule is Cc1cc(Cl)c(N2CCC[C@@H]2CO)cc1N. The van der Waals surface area contributed by atoms with Crippen LogP contribution in [0, 0.1) is 6.92 Å². The van der Waals surface area contributed by atoms with Crippen molar-refractivity contribution in [3.8, 4) is 0 Å². The van der Waals surface area contributed by atoms with E-state index in [0.717, 1.165) is 36.3 Å². The highest BCUT2D eigenvalue weighted by Gasteiger charge is 2.25. The number of nitrogen functional groups attached to an aromatic ring is 1. The van der Waals surface area contributed by atoms with Gasteiger partial charge >= 0.3 is 0 Å². The van der Waals surface area contributed by atoms with Gasteiger partial charge in [0.1, 0.15) is 0 Å². The van der Waals surface area contributed by atoms with Crippen molar-refractivity contribution in [2.45, 2.75) is 25.8 Å². The number of benzene rings is 1. The molecule has 1 aliphatic heterocycles. The summed E-state index contributed by atoms with van der Waals surface area (Å²) in [5, 5.41) is 10.0. The van der Waals surface area contributed by atoms with E-state index in [4.69, 9.17) is 17.3 Å². The number of aliphatic hydroxyl groups excluding tert-OH is 1. The number of nitrogens with two attached hydrogens (primary N) is 1. The number of nitrogens with zero attached hydrogens (tertiary/aromatic N) is 1. The van der Waals surface area contributed by atoms with E-state index < -0.39 is 0 Å². The van der Waals surface area contributed by atoms with Gasteiger partial charge in [0.25, 0.3) is 0 Å². The predicted molar refractivity (Wildman–Crippen MR) is 68.1 cm³/mol. The van der Waals surface area contributed by atoms with E-state index in [9.17, 15) is 5.11 Å². The minimum atomic E-state index is 0.171. The van der Waals surface area contributed by atoms with E-state index in [1.165, 1.54) is 0 Å². The first kappa shape index (κ1) is 11.6. The minimum absolute atomic E-state index is 0.171. The Morgan fingerprint density at radius 1 is 1.56 bits per heavy atom. The van der Waals surface area contributed by atoms with Crippen molar-refractivity contribution in [1.29, 1.82) is 0 Å². The molecule has 88 valence electrons. The Kier molecular flexibility index (Phi) is 3.26. The predicted octanol–water partition coefficient (Wildman–Crippen LogP) is 2.19. The quantitative estimate of drug-likeness (QED) is 0.780. The number of rotatable bonds is 2. The number of anilines is 2. The molecule has 0 aromatic heterocycles. The van der Waals surface area contributed by atoms with Crippen LogP contribution in [-0.2, 0) is 0 Å². The van der Waals surface area contributed by atoms with Crippen LogP contribution in [0.4, 0.5) is 11.4 Å². The third-order valence-electron chi connectivity index (χ3n) is 3.23. The molecule has 1 atom stereocenters. The van der Waals surface area contributed by atoms with Crippen molar-refractivity contribution in [1.82, 2.24) is 0 Å². The van der Waals surface area contributed by atoms with Gasteiger partial charge in [-0.15, -0.1) is 0 Å². The van der Waals surface area contributed by atoms with Crippen molar-refractivity contribution in [2.75, 3.05) is 23.8 Å². The lowest BCUT2D eigenvalue weighted by molar-refractivity contribution is 0.266. The van der Waals surface area contributed by atoms with Gasteiger partial charge in [0.2, 0.25) is 0 Å². The van der Waals surface area contributed by atoms with E-state index in [0.29, 0.717) is 5.02 Å². The number of hydrogen-bond donors (Lipinski definition) is 2. The summed E-state index contributed by atoms with van der Waals surface area (Å²) in [5.74, 6) is 0. The minimum Gasteiger partial charge on any atom is -0.398 e. The average Bonchev–Trinajstić information content (AvgIpc) is 2.71. The molecule has 2 rings (SSSR count). The Hall–Kier alpha value is -0.930. The molecule has 3 nitrogen and oxygen atoms in total. The third-order valence-corrected chi connectivity index (χ3v) is 3.54. The van der Waals surface area contributed by atoms with Crippen LogP contribution in [0.15, 0.2) is 12.1 Å². The monoisotopic (exact) mass is 240 g/mol. The molecule has 0 bridgehead atoms. The maximum Gasteiger partial charge on any atom is 0.0643 e. The molecule has 16 heavy (non-hydrogen) atoms. The van der Waals surface area contributed by atoms with Crippen molar-refractivity contribution >= 4 is 23.0 Å². The molecule has 0 radical (unpaired) electrons. The molecule has 0 aliphatic carbocycles. The zero-order valence-corrected chi connectivity index (χ0v) is 10.2. The highest BCUT2D eigenvalue weighted by molar-refractivity contribution is 6.33.